The first kappa shape index (κ1) is 39.1. The zero-order valence-electron chi connectivity index (χ0n) is 32.1. The van der Waals surface area contributed by atoms with E-state index in [0.717, 1.165) is 22.8 Å². The molecule has 8 rings (SSSR count). The minimum Gasteiger partial charge on any atom is -0.507 e. The summed E-state index contributed by atoms with van der Waals surface area (Å²) in [5.41, 5.74) is 5.74. The Morgan fingerprint density at radius 2 is 1.12 bits per heavy atom. The summed E-state index contributed by atoms with van der Waals surface area (Å²) in [6.45, 7) is 3.63. The van der Waals surface area contributed by atoms with E-state index in [2.05, 4.69) is 24.8 Å². The number of halogens is 1. The van der Waals surface area contributed by atoms with Gasteiger partial charge in [-0.25, -0.2) is 4.79 Å². The van der Waals surface area contributed by atoms with Gasteiger partial charge in [0.15, 0.2) is 0 Å². The maximum atomic E-state index is 14.4. The Bertz CT molecular complexity index is 2690. The number of hydrogen-bond acceptors (Lipinski definition) is 10. The van der Waals surface area contributed by atoms with Gasteiger partial charge in [-0.3, -0.25) is 34.5 Å². The molecule has 0 atom stereocenters. The highest BCUT2D eigenvalue weighted by Crippen LogP contribution is 2.47. The molecule has 11 nitrogen and oxygen atoms in total. The van der Waals surface area contributed by atoms with Gasteiger partial charge in [0.25, 0.3) is 0 Å². The molecule has 1 aliphatic carbocycles. The van der Waals surface area contributed by atoms with E-state index in [9.17, 15) is 19.8 Å². The smallest absolute Gasteiger partial charge is 0.336 e. The van der Waals surface area contributed by atoms with E-state index in [-0.39, 0.29) is 40.7 Å². The number of rotatable bonds is 14. The number of carboxylic acids is 1. The lowest BCUT2D eigenvalue weighted by molar-refractivity contribution is 0.0697. The van der Waals surface area contributed by atoms with Crippen LogP contribution in [0.25, 0.3) is 33.4 Å². The zero-order chi connectivity index (χ0) is 40.9. The van der Waals surface area contributed by atoms with Crippen LogP contribution in [0.2, 0.25) is 5.02 Å². The van der Waals surface area contributed by atoms with Crippen LogP contribution in [0, 0.1) is 6.92 Å². The third-order valence-corrected chi connectivity index (χ3v) is 10.5. The van der Waals surface area contributed by atoms with Crippen LogP contribution in [-0.4, -0.2) is 45.9 Å². The van der Waals surface area contributed by atoms with E-state index in [0.29, 0.717) is 65.0 Å². The topological polar surface area (TPSA) is 146 Å². The number of pyridine rings is 4. The van der Waals surface area contributed by atoms with Crippen molar-refractivity contribution in [2.24, 2.45) is 0 Å². The summed E-state index contributed by atoms with van der Waals surface area (Å²) in [4.78, 5) is 49.6. The summed E-state index contributed by atoms with van der Waals surface area (Å²) in [7, 11) is 0. The Balaban J connectivity index is 1.37. The van der Waals surface area contributed by atoms with Gasteiger partial charge in [-0.15, -0.1) is 0 Å². The number of fused-ring (bicyclic) bond motifs is 2. The molecule has 0 spiro atoms. The highest BCUT2D eigenvalue weighted by molar-refractivity contribution is 6.31. The van der Waals surface area contributed by atoms with Gasteiger partial charge in [-0.2, -0.15) is 0 Å². The van der Waals surface area contributed by atoms with Gasteiger partial charge >= 0.3 is 5.97 Å². The number of carbonyl (C=O) groups is 1. The van der Waals surface area contributed by atoms with E-state index >= 15 is 0 Å². The fraction of sp³-hybridized carbons (Fsp3) is 0.149. The average molecular weight is 803 g/mol. The fourth-order valence-electron chi connectivity index (χ4n) is 7.51. The maximum absolute atomic E-state index is 14.4. The second kappa shape index (κ2) is 17.4. The van der Waals surface area contributed by atoms with Gasteiger partial charge in [0.2, 0.25) is 5.43 Å². The van der Waals surface area contributed by atoms with Crippen molar-refractivity contribution < 1.29 is 19.4 Å². The number of aryl methyl sites for hydroxylation is 1. The number of phenols is 1. The summed E-state index contributed by atoms with van der Waals surface area (Å²) in [5.74, 6) is -0.895. The number of carboxylic acid groups (broad SMARTS) is 1. The van der Waals surface area contributed by atoms with E-state index in [4.69, 9.17) is 16.0 Å². The molecule has 0 unspecified atom stereocenters. The summed E-state index contributed by atoms with van der Waals surface area (Å²) >= 11 is 6.85. The standard InChI is InChI=1S/C47H39ClN6O5/c1-30-22-37-42(35-16-2-3-17-36(35)47(57)58)38-23-41(48)44(56)40(29-54(26-33-14-6-10-20-51-33)27-34-15-7-11-21-52-34)46(38)59-45(37)39(43(30)55)28-53(24-31-12-4-8-18-49-31)25-32-13-5-9-19-50-32/h2-23,55H,24-29H2,1H3,(H,57,58). The lowest BCUT2D eigenvalue weighted by Gasteiger charge is -2.26. The number of nitrogens with zero attached hydrogens (tertiary/aromatic N) is 6. The molecule has 294 valence electrons. The molecule has 0 amide bonds. The number of aromatic nitrogens is 4. The van der Waals surface area contributed by atoms with E-state index in [1.54, 1.807) is 68.1 Å². The predicted molar refractivity (Wildman–Crippen MR) is 226 cm³/mol. The predicted octanol–water partition coefficient (Wildman–Crippen LogP) is 8.92. The molecule has 5 heterocycles. The van der Waals surface area contributed by atoms with Gasteiger partial charge in [-0.05, 0) is 84.8 Å². The Morgan fingerprint density at radius 3 is 1.59 bits per heavy atom. The lowest BCUT2D eigenvalue weighted by atomic mass is 9.87. The first-order valence-corrected chi connectivity index (χ1v) is 19.4. The SMILES string of the molecule is Cc1cc2c(-c3ccccc3C(=O)O)c3cc(Cl)c(=O)c(CN(Cc4ccccn4)Cc4ccccn4)c-3oc2c(CN(Cc2ccccn2)Cc2ccccn2)c1O. The summed E-state index contributed by atoms with van der Waals surface area (Å²) in [5, 5.41) is 23.0. The molecule has 0 radical (unpaired) electrons. The summed E-state index contributed by atoms with van der Waals surface area (Å²) < 4.78 is 6.96. The van der Waals surface area contributed by atoms with Gasteiger partial charge in [0.1, 0.15) is 17.1 Å². The van der Waals surface area contributed by atoms with Crippen LogP contribution in [0.4, 0.5) is 0 Å². The number of benzene rings is 3. The van der Waals surface area contributed by atoms with Crippen molar-refractivity contribution in [2.45, 2.75) is 46.2 Å². The molecule has 0 bridgehead atoms. The molecule has 2 aromatic carbocycles. The molecule has 0 saturated heterocycles. The summed E-state index contributed by atoms with van der Waals surface area (Å²) in [6.07, 6.45) is 6.91. The molecule has 1 aliphatic heterocycles. The molecule has 2 aliphatic rings. The molecule has 6 aromatic rings. The average Bonchev–Trinajstić information content (AvgIpc) is 3.25. The van der Waals surface area contributed by atoms with E-state index in [1.807, 2.05) is 77.7 Å². The number of hydrogen-bond donors (Lipinski definition) is 2. The van der Waals surface area contributed by atoms with Crippen molar-refractivity contribution in [1.29, 1.82) is 0 Å². The molecule has 4 aromatic heterocycles. The van der Waals surface area contributed by atoms with Crippen LogP contribution in [0.5, 0.6) is 5.75 Å². The van der Waals surface area contributed by atoms with Gasteiger partial charge in [0, 0.05) is 80.6 Å². The highest BCUT2D eigenvalue weighted by atomic mass is 35.5. The van der Waals surface area contributed by atoms with E-state index < -0.39 is 11.4 Å². The fourth-order valence-corrected chi connectivity index (χ4v) is 7.73. The Labute approximate surface area is 345 Å². The zero-order valence-corrected chi connectivity index (χ0v) is 32.9. The van der Waals surface area contributed by atoms with Gasteiger partial charge in [0.05, 0.1) is 44.5 Å². The van der Waals surface area contributed by atoms with Crippen molar-refractivity contribution >= 4 is 28.5 Å². The minimum atomic E-state index is -1.13. The Kier molecular flexibility index (Phi) is 11.5. The first-order valence-electron chi connectivity index (χ1n) is 19.0. The third-order valence-electron chi connectivity index (χ3n) is 10.2. The molecule has 0 fully saturated rings. The Morgan fingerprint density at radius 1 is 0.644 bits per heavy atom. The van der Waals surface area contributed by atoms with Gasteiger partial charge < -0.3 is 14.6 Å². The van der Waals surface area contributed by atoms with Crippen LogP contribution >= 0.6 is 11.6 Å². The molecule has 0 saturated carbocycles. The molecule has 2 N–H and O–H groups in total. The minimum absolute atomic E-state index is 0.00917. The van der Waals surface area contributed by atoms with Crippen LogP contribution in [0.1, 0.15) is 49.8 Å². The second-order valence-corrected chi connectivity index (χ2v) is 14.7. The molecule has 59 heavy (non-hydrogen) atoms. The van der Waals surface area contributed by atoms with Gasteiger partial charge in [-0.1, -0.05) is 54.1 Å². The van der Waals surface area contributed by atoms with Crippen molar-refractivity contribution in [3.63, 3.8) is 0 Å². The van der Waals surface area contributed by atoms with Crippen LogP contribution in [0.15, 0.2) is 143 Å². The normalized spacial score (nSPS) is 11.5. The lowest BCUT2D eigenvalue weighted by Crippen LogP contribution is -2.27. The second-order valence-electron chi connectivity index (χ2n) is 14.3. The van der Waals surface area contributed by atoms with Crippen molar-refractivity contribution in [2.75, 3.05) is 0 Å². The monoisotopic (exact) mass is 802 g/mol. The highest BCUT2D eigenvalue weighted by Gasteiger charge is 2.30. The van der Waals surface area contributed by atoms with E-state index in [1.165, 1.54) is 0 Å². The van der Waals surface area contributed by atoms with Crippen LogP contribution < -0.4 is 5.43 Å². The maximum Gasteiger partial charge on any atom is 0.336 e. The molecular formula is C47H39ClN6O5. The Hall–Kier alpha value is -6.79. The number of aromatic carboxylic acids is 1. The van der Waals surface area contributed by atoms with Crippen LogP contribution in [-0.2, 0) is 39.3 Å². The van der Waals surface area contributed by atoms with Crippen molar-refractivity contribution in [3.8, 4) is 28.2 Å². The molecule has 12 heteroatoms. The van der Waals surface area contributed by atoms with Crippen LogP contribution in [0.3, 0.4) is 0 Å². The van der Waals surface area contributed by atoms with Crippen molar-refractivity contribution in [1.82, 2.24) is 29.7 Å². The largest absolute Gasteiger partial charge is 0.507 e. The third kappa shape index (κ3) is 8.58. The first-order chi connectivity index (χ1) is 28.7. The molecular weight excluding hydrogens is 764 g/mol. The number of phenolic OH excluding ortho intramolecular Hbond substituents is 1. The summed E-state index contributed by atoms with van der Waals surface area (Å²) in [6, 6.07) is 32.8. The van der Waals surface area contributed by atoms with Crippen molar-refractivity contribution in [3.05, 3.63) is 194 Å². The quantitative estimate of drug-likeness (QED) is 0.102. The number of aromatic hydroxyl groups is 1.